The number of rotatable bonds is 6. The highest BCUT2D eigenvalue weighted by molar-refractivity contribution is 5.82. The molecule has 0 aromatic carbocycles. The van der Waals surface area contributed by atoms with E-state index in [1.807, 2.05) is 7.05 Å². The van der Waals surface area contributed by atoms with E-state index in [1.54, 1.807) is 6.20 Å². The number of carbonyl (C=O) groups excluding carboxylic acids is 1. The Morgan fingerprint density at radius 2 is 2.43 bits per heavy atom. The molecule has 116 valence electrons. The number of carbonyl (C=O) groups is 2. The number of carboxylic acid groups (broad SMARTS) is 1. The van der Waals surface area contributed by atoms with Crippen LogP contribution in [0.25, 0.3) is 0 Å². The summed E-state index contributed by atoms with van der Waals surface area (Å²) in [6.45, 7) is 1.56. The highest BCUT2D eigenvalue weighted by Crippen LogP contribution is 2.13. The summed E-state index contributed by atoms with van der Waals surface area (Å²) in [4.78, 5) is 31.9. The van der Waals surface area contributed by atoms with Crippen LogP contribution in [-0.4, -0.2) is 64.2 Å². The molecule has 8 nitrogen and oxygen atoms in total. The first kappa shape index (κ1) is 15.3. The lowest BCUT2D eigenvalue weighted by Gasteiger charge is -2.20. The largest absolute Gasteiger partial charge is 0.480 e. The maximum Gasteiger partial charge on any atom is 0.326 e. The number of likely N-dealkylation sites (tertiary alicyclic amines) is 1. The van der Waals surface area contributed by atoms with Crippen molar-refractivity contribution in [2.75, 3.05) is 20.1 Å². The molecule has 1 aromatic rings. The standard InChI is InChI=1S/C13H21N5O3/c1-18-4-2-3-10(18)7-15-13(21)17-11(12(19)20)5-9-6-14-8-16-9/h6,8,10-11H,2-5,7H2,1H3,(H,14,16)(H,19,20)(H2,15,17,21). The molecule has 8 heteroatoms. The molecule has 0 saturated carbocycles. The maximum atomic E-state index is 11.8. The average molecular weight is 295 g/mol. The predicted molar refractivity (Wildman–Crippen MR) is 75.9 cm³/mol. The zero-order valence-electron chi connectivity index (χ0n) is 12.0. The van der Waals surface area contributed by atoms with E-state index in [1.165, 1.54) is 6.33 Å². The Kier molecular flexibility index (Phi) is 5.15. The molecular formula is C13H21N5O3. The summed E-state index contributed by atoms with van der Waals surface area (Å²) in [5, 5.41) is 14.4. The predicted octanol–water partition coefficient (Wildman–Crippen LogP) is -0.201. The summed E-state index contributed by atoms with van der Waals surface area (Å²) in [6.07, 6.45) is 5.37. The number of likely N-dealkylation sites (N-methyl/N-ethyl adjacent to an activating group) is 1. The molecule has 0 aliphatic carbocycles. The van der Waals surface area contributed by atoms with Gasteiger partial charge in [0.25, 0.3) is 0 Å². The van der Waals surface area contributed by atoms with Crippen molar-refractivity contribution in [3.63, 3.8) is 0 Å². The van der Waals surface area contributed by atoms with Crippen molar-refractivity contribution in [1.29, 1.82) is 0 Å². The Morgan fingerprint density at radius 3 is 3.00 bits per heavy atom. The van der Waals surface area contributed by atoms with Crippen LogP contribution in [0.1, 0.15) is 18.5 Å². The lowest BCUT2D eigenvalue weighted by Crippen LogP contribution is -2.49. The molecule has 1 saturated heterocycles. The van der Waals surface area contributed by atoms with Gasteiger partial charge in [0.1, 0.15) is 6.04 Å². The van der Waals surface area contributed by atoms with Crippen molar-refractivity contribution in [2.24, 2.45) is 0 Å². The molecule has 0 bridgehead atoms. The van der Waals surface area contributed by atoms with Gasteiger partial charge in [0.15, 0.2) is 0 Å². The second-order valence-electron chi connectivity index (χ2n) is 5.30. The molecule has 1 aliphatic heterocycles. The third kappa shape index (κ3) is 4.45. The summed E-state index contributed by atoms with van der Waals surface area (Å²) in [7, 11) is 2.02. The summed E-state index contributed by atoms with van der Waals surface area (Å²) in [5.41, 5.74) is 0.665. The molecule has 0 radical (unpaired) electrons. The number of urea groups is 1. The van der Waals surface area contributed by atoms with E-state index in [2.05, 4.69) is 25.5 Å². The number of nitrogens with one attached hydrogen (secondary N) is 3. The molecule has 2 rings (SSSR count). The highest BCUT2D eigenvalue weighted by Gasteiger charge is 2.23. The van der Waals surface area contributed by atoms with E-state index in [9.17, 15) is 9.59 Å². The fourth-order valence-electron chi connectivity index (χ4n) is 2.47. The number of hydrogen-bond acceptors (Lipinski definition) is 4. The SMILES string of the molecule is CN1CCCC1CNC(=O)NC(Cc1cnc[nH]1)C(=O)O. The lowest BCUT2D eigenvalue weighted by molar-refractivity contribution is -0.139. The molecule has 2 atom stereocenters. The molecule has 4 N–H and O–H groups in total. The fraction of sp³-hybridized carbons (Fsp3) is 0.615. The Bertz CT molecular complexity index is 476. The Balaban J connectivity index is 1.79. The number of aromatic amines is 1. The summed E-state index contributed by atoms with van der Waals surface area (Å²) < 4.78 is 0. The summed E-state index contributed by atoms with van der Waals surface area (Å²) in [5.74, 6) is -1.07. The quantitative estimate of drug-likeness (QED) is 0.581. The van der Waals surface area contributed by atoms with Crippen LogP contribution in [0.2, 0.25) is 0 Å². The number of hydrogen-bond donors (Lipinski definition) is 4. The first-order chi connectivity index (χ1) is 10.1. The summed E-state index contributed by atoms with van der Waals surface area (Å²) in [6, 6.07) is -1.11. The third-order valence-corrected chi connectivity index (χ3v) is 3.75. The monoisotopic (exact) mass is 295 g/mol. The number of aliphatic carboxylic acids is 1. The van der Waals surface area contributed by atoms with Crippen molar-refractivity contribution in [1.82, 2.24) is 25.5 Å². The van der Waals surface area contributed by atoms with Crippen LogP contribution in [0.3, 0.4) is 0 Å². The Hall–Kier alpha value is -2.09. The van der Waals surface area contributed by atoms with Gasteiger partial charge in [-0.2, -0.15) is 0 Å². The normalized spacial score (nSPS) is 20.1. The lowest BCUT2D eigenvalue weighted by atomic mass is 10.1. The van der Waals surface area contributed by atoms with Crippen molar-refractivity contribution < 1.29 is 14.7 Å². The van der Waals surface area contributed by atoms with E-state index in [-0.39, 0.29) is 6.42 Å². The van der Waals surface area contributed by atoms with E-state index in [4.69, 9.17) is 5.11 Å². The van der Waals surface area contributed by atoms with Crippen molar-refractivity contribution >= 4 is 12.0 Å². The van der Waals surface area contributed by atoms with E-state index >= 15 is 0 Å². The van der Waals surface area contributed by atoms with Gasteiger partial charge in [0.2, 0.25) is 0 Å². The minimum absolute atomic E-state index is 0.173. The first-order valence-electron chi connectivity index (χ1n) is 7.01. The van der Waals surface area contributed by atoms with E-state index in [0.29, 0.717) is 18.3 Å². The number of H-pyrrole nitrogens is 1. The highest BCUT2D eigenvalue weighted by atomic mass is 16.4. The van der Waals surface area contributed by atoms with Crippen LogP contribution in [0.4, 0.5) is 4.79 Å². The number of amides is 2. The van der Waals surface area contributed by atoms with Crippen molar-refractivity contribution in [3.05, 3.63) is 18.2 Å². The van der Waals surface area contributed by atoms with Gasteiger partial charge in [-0.1, -0.05) is 0 Å². The smallest absolute Gasteiger partial charge is 0.326 e. The minimum atomic E-state index is -1.07. The van der Waals surface area contributed by atoms with Crippen LogP contribution in [-0.2, 0) is 11.2 Å². The van der Waals surface area contributed by atoms with Gasteiger partial charge in [0.05, 0.1) is 6.33 Å². The number of aromatic nitrogens is 2. The molecular weight excluding hydrogens is 274 g/mol. The zero-order chi connectivity index (χ0) is 15.2. The minimum Gasteiger partial charge on any atom is -0.480 e. The summed E-state index contributed by atoms with van der Waals surface area (Å²) >= 11 is 0. The van der Waals surface area contributed by atoms with Gasteiger partial charge in [-0.3, -0.25) is 0 Å². The molecule has 2 heterocycles. The van der Waals surface area contributed by atoms with Crippen LogP contribution < -0.4 is 10.6 Å². The molecule has 21 heavy (non-hydrogen) atoms. The van der Waals surface area contributed by atoms with Gasteiger partial charge < -0.3 is 25.6 Å². The first-order valence-corrected chi connectivity index (χ1v) is 7.01. The van der Waals surface area contributed by atoms with Crippen LogP contribution >= 0.6 is 0 Å². The molecule has 2 amide bonds. The topological polar surface area (TPSA) is 110 Å². The van der Waals surface area contributed by atoms with Crippen LogP contribution in [0.15, 0.2) is 12.5 Å². The number of imidazole rings is 1. The fourth-order valence-corrected chi connectivity index (χ4v) is 2.47. The van der Waals surface area contributed by atoms with Gasteiger partial charge in [-0.25, -0.2) is 14.6 Å². The second-order valence-corrected chi connectivity index (χ2v) is 5.30. The molecule has 1 aromatic heterocycles. The second kappa shape index (κ2) is 7.07. The zero-order valence-corrected chi connectivity index (χ0v) is 12.0. The molecule has 1 fully saturated rings. The molecule has 0 spiro atoms. The number of carboxylic acids is 1. The van der Waals surface area contributed by atoms with Gasteiger partial charge >= 0.3 is 12.0 Å². The third-order valence-electron chi connectivity index (χ3n) is 3.75. The Labute approximate surface area is 122 Å². The van der Waals surface area contributed by atoms with Crippen molar-refractivity contribution in [3.8, 4) is 0 Å². The van der Waals surface area contributed by atoms with Crippen LogP contribution in [0, 0.1) is 0 Å². The van der Waals surface area contributed by atoms with Crippen molar-refractivity contribution in [2.45, 2.75) is 31.3 Å². The van der Waals surface area contributed by atoms with Gasteiger partial charge in [0, 0.05) is 30.9 Å². The molecule has 2 unspecified atom stereocenters. The van der Waals surface area contributed by atoms with E-state index in [0.717, 1.165) is 19.4 Å². The average Bonchev–Trinajstić information content (AvgIpc) is 3.07. The van der Waals surface area contributed by atoms with Gasteiger partial charge in [-0.15, -0.1) is 0 Å². The van der Waals surface area contributed by atoms with Crippen LogP contribution in [0.5, 0.6) is 0 Å². The number of nitrogens with zero attached hydrogens (tertiary/aromatic N) is 2. The maximum absolute atomic E-state index is 11.8. The van der Waals surface area contributed by atoms with Gasteiger partial charge in [-0.05, 0) is 26.4 Å². The Morgan fingerprint density at radius 1 is 1.62 bits per heavy atom. The van der Waals surface area contributed by atoms with E-state index < -0.39 is 18.0 Å². The molecule has 1 aliphatic rings.